The van der Waals surface area contributed by atoms with Crippen LogP contribution in [-0.2, 0) is 4.74 Å². The molecule has 0 spiro atoms. The van der Waals surface area contributed by atoms with Crippen LogP contribution in [0.15, 0.2) is 47.1 Å². The van der Waals surface area contributed by atoms with Crippen LogP contribution < -0.4 is 5.32 Å². The Hall–Kier alpha value is -1.88. The molecule has 110 valence electrons. The molecule has 4 nitrogen and oxygen atoms in total. The Morgan fingerprint density at radius 1 is 1.14 bits per heavy atom. The second-order valence-corrected chi connectivity index (χ2v) is 6.28. The van der Waals surface area contributed by atoms with Crippen LogP contribution in [0.5, 0.6) is 0 Å². The number of hydrogen-bond acceptors (Lipinski definition) is 3. The number of anilines is 1. The molecule has 1 aromatic carbocycles. The van der Waals surface area contributed by atoms with Gasteiger partial charge in [-0.25, -0.2) is 9.78 Å². The number of carbonyl (C=O) groups excluding carboxylic acids is 1. The lowest BCUT2D eigenvalue weighted by Gasteiger charge is -2.20. The molecule has 0 unspecified atom stereocenters. The van der Waals surface area contributed by atoms with Crippen molar-refractivity contribution in [3.8, 4) is 11.3 Å². The van der Waals surface area contributed by atoms with Crippen molar-refractivity contribution < 1.29 is 9.53 Å². The number of nitrogens with zero attached hydrogens (tertiary/aromatic N) is 1. The molecule has 0 bridgehead atoms. The fraction of sp³-hybridized carbons (Fsp3) is 0.250. The molecule has 0 aliphatic carbocycles. The quantitative estimate of drug-likeness (QED) is 0.788. The lowest BCUT2D eigenvalue weighted by Crippen LogP contribution is -2.27. The Morgan fingerprint density at radius 3 is 2.38 bits per heavy atom. The summed E-state index contributed by atoms with van der Waals surface area (Å²) < 4.78 is 5.78. The molecule has 2 aromatic rings. The van der Waals surface area contributed by atoms with Gasteiger partial charge < -0.3 is 4.74 Å². The second kappa shape index (κ2) is 6.26. The third-order valence-electron chi connectivity index (χ3n) is 2.55. The first-order chi connectivity index (χ1) is 9.85. The van der Waals surface area contributed by atoms with Crippen LogP contribution in [0.25, 0.3) is 11.3 Å². The van der Waals surface area contributed by atoms with Gasteiger partial charge in [-0.3, -0.25) is 5.32 Å². The molecule has 0 radical (unpaired) electrons. The molecule has 0 atom stereocenters. The van der Waals surface area contributed by atoms with Crippen molar-refractivity contribution in [2.75, 3.05) is 5.32 Å². The van der Waals surface area contributed by atoms with Crippen molar-refractivity contribution in [1.82, 2.24) is 4.98 Å². The number of ether oxygens (including phenoxy) is 1. The smallest absolute Gasteiger partial charge is 0.412 e. The number of aromatic nitrogens is 1. The summed E-state index contributed by atoms with van der Waals surface area (Å²) in [5.41, 5.74) is 1.89. The number of benzene rings is 1. The SMILES string of the molecule is CC(C)(C)OC(=O)Nc1ccc(-c2ccccc2)nc1Br. The molecule has 5 heteroatoms. The fourth-order valence-electron chi connectivity index (χ4n) is 1.71. The van der Waals surface area contributed by atoms with Gasteiger partial charge in [-0.2, -0.15) is 0 Å². The van der Waals surface area contributed by atoms with E-state index >= 15 is 0 Å². The molecule has 0 aliphatic rings. The normalized spacial score (nSPS) is 11.0. The van der Waals surface area contributed by atoms with Crippen LogP contribution in [0, 0.1) is 0 Å². The lowest BCUT2D eigenvalue weighted by atomic mass is 10.1. The molecule has 0 saturated carbocycles. The van der Waals surface area contributed by atoms with Gasteiger partial charge >= 0.3 is 6.09 Å². The highest BCUT2D eigenvalue weighted by molar-refractivity contribution is 9.10. The summed E-state index contributed by atoms with van der Waals surface area (Å²) in [5.74, 6) is 0. The van der Waals surface area contributed by atoms with Crippen LogP contribution in [0.3, 0.4) is 0 Å². The maximum atomic E-state index is 11.8. The number of halogens is 1. The van der Waals surface area contributed by atoms with E-state index < -0.39 is 11.7 Å². The highest BCUT2D eigenvalue weighted by Gasteiger charge is 2.17. The van der Waals surface area contributed by atoms with Gasteiger partial charge in [-0.1, -0.05) is 30.3 Å². The fourth-order valence-corrected chi connectivity index (χ4v) is 2.13. The summed E-state index contributed by atoms with van der Waals surface area (Å²) >= 11 is 3.37. The van der Waals surface area contributed by atoms with E-state index in [4.69, 9.17) is 4.74 Å². The number of nitrogens with one attached hydrogen (secondary N) is 1. The van der Waals surface area contributed by atoms with Crippen molar-refractivity contribution in [2.24, 2.45) is 0 Å². The van der Waals surface area contributed by atoms with Crippen molar-refractivity contribution in [1.29, 1.82) is 0 Å². The topological polar surface area (TPSA) is 51.2 Å². The monoisotopic (exact) mass is 348 g/mol. The van der Waals surface area contributed by atoms with Crippen molar-refractivity contribution in [2.45, 2.75) is 26.4 Å². The van der Waals surface area contributed by atoms with Crippen LogP contribution >= 0.6 is 15.9 Å². The average Bonchev–Trinajstić information content (AvgIpc) is 2.40. The number of rotatable bonds is 2. The van der Waals surface area contributed by atoms with E-state index in [-0.39, 0.29) is 0 Å². The van der Waals surface area contributed by atoms with Gasteiger partial charge in [0.2, 0.25) is 0 Å². The van der Waals surface area contributed by atoms with Crippen LogP contribution in [0.1, 0.15) is 20.8 Å². The van der Waals surface area contributed by atoms with Gasteiger partial charge in [0.15, 0.2) is 0 Å². The Bertz CT molecular complexity index is 636. The minimum atomic E-state index is -0.534. The van der Waals surface area contributed by atoms with Crippen LogP contribution in [0.2, 0.25) is 0 Å². The summed E-state index contributed by atoms with van der Waals surface area (Å²) in [7, 11) is 0. The zero-order chi connectivity index (χ0) is 15.5. The molecular weight excluding hydrogens is 332 g/mol. The van der Waals surface area contributed by atoms with Gasteiger partial charge in [0.05, 0.1) is 11.4 Å². The van der Waals surface area contributed by atoms with Crippen LogP contribution in [0.4, 0.5) is 10.5 Å². The largest absolute Gasteiger partial charge is 0.444 e. The highest BCUT2D eigenvalue weighted by Crippen LogP contribution is 2.25. The van der Waals surface area contributed by atoms with E-state index in [1.54, 1.807) is 6.07 Å². The summed E-state index contributed by atoms with van der Waals surface area (Å²) in [6.45, 7) is 5.45. The number of amides is 1. The standard InChI is InChI=1S/C16H17BrN2O2/c1-16(2,3)21-15(20)19-13-10-9-12(18-14(13)17)11-7-5-4-6-8-11/h4-10H,1-3H3,(H,19,20). The van der Waals surface area contributed by atoms with E-state index in [0.29, 0.717) is 10.3 Å². The summed E-state index contributed by atoms with van der Waals surface area (Å²) in [6.07, 6.45) is -0.502. The van der Waals surface area contributed by atoms with Gasteiger partial charge in [0.1, 0.15) is 10.2 Å². The minimum absolute atomic E-state index is 0.502. The molecule has 21 heavy (non-hydrogen) atoms. The number of carbonyl (C=O) groups is 1. The summed E-state index contributed by atoms with van der Waals surface area (Å²) in [5, 5.41) is 2.67. The maximum Gasteiger partial charge on any atom is 0.412 e. The van der Waals surface area contributed by atoms with Gasteiger partial charge in [-0.05, 0) is 48.8 Å². The van der Waals surface area contributed by atoms with Gasteiger partial charge in [0.25, 0.3) is 0 Å². The number of pyridine rings is 1. The molecule has 2 rings (SSSR count). The molecule has 1 heterocycles. The Kier molecular flexibility index (Phi) is 4.63. The van der Waals surface area contributed by atoms with E-state index in [2.05, 4.69) is 26.2 Å². The molecule has 1 aromatic heterocycles. The van der Waals surface area contributed by atoms with Crippen molar-refractivity contribution in [3.05, 3.63) is 47.1 Å². The first kappa shape index (κ1) is 15.5. The van der Waals surface area contributed by atoms with E-state index in [9.17, 15) is 4.79 Å². The highest BCUT2D eigenvalue weighted by atomic mass is 79.9. The van der Waals surface area contributed by atoms with Gasteiger partial charge in [0, 0.05) is 5.56 Å². The molecule has 0 fully saturated rings. The van der Waals surface area contributed by atoms with Crippen molar-refractivity contribution >= 4 is 27.7 Å². The molecule has 0 aliphatic heterocycles. The molecule has 0 saturated heterocycles. The summed E-state index contributed by atoms with van der Waals surface area (Å²) in [6, 6.07) is 13.5. The predicted molar refractivity (Wildman–Crippen MR) is 87.2 cm³/mol. The van der Waals surface area contributed by atoms with Crippen molar-refractivity contribution in [3.63, 3.8) is 0 Å². The number of hydrogen-bond donors (Lipinski definition) is 1. The predicted octanol–water partition coefficient (Wildman–Crippen LogP) is 4.86. The van der Waals surface area contributed by atoms with Gasteiger partial charge in [-0.15, -0.1) is 0 Å². The third kappa shape index (κ3) is 4.56. The zero-order valence-corrected chi connectivity index (χ0v) is 13.8. The Morgan fingerprint density at radius 2 is 1.81 bits per heavy atom. The third-order valence-corrected chi connectivity index (χ3v) is 3.16. The van der Waals surface area contributed by atoms with E-state index in [1.807, 2.05) is 57.2 Å². The van der Waals surface area contributed by atoms with E-state index in [0.717, 1.165) is 11.3 Å². The van der Waals surface area contributed by atoms with E-state index in [1.165, 1.54) is 0 Å². The molecule has 1 amide bonds. The first-order valence-electron chi connectivity index (χ1n) is 6.57. The zero-order valence-electron chi connectivity index (χ0n) is 12.2. The Balaban J connectivity index is 2.15. The average molecular weight is 349 g/mol. The molecule has 1 N–H and O–H groups in total. The lowest BCUT2D eigenvalue weighted by molar-refractivity contribution is 0.0636. The first-order valence-corrected chi connectivity index (χ1v) is 7.36. The minimum Gasteiger partial charge on any atom is -0.444 e. The summed E-state index contributed by atoms with van der Waals surface area (Å²) in [4.78, 5) is 16.2. The second-order valence-electron chi connectivity index (χ2n) is 5.53. The maximum absolute atomic E-state index is 11.8. The Labute approximate surface area is 132 Å². The molecular formula is C16H17BrN2O2. The van der Waals surface area contributed by atoms with Crippen LogP contribution in [-0.4, -0.2) is 16.7 Å².